The lowest BCUT2D eigenvalue weighted by Crippen LogP contribution is -2.45. The summed E-state index contributed by atoms with van der Waals surface area (Å²) in [6.45, 7) is 3.56. The van der Waals surface area contributed by atoms with Crippen molar-refractivity contribution in [1.82, 2.24) is 20.2 Å². The van der Waals surface area contributed by atoms with E-state index in [4.69, 9.17) is 5.11 Å². The van der Waals surface area contributed by atoms with Crippen LogP contribution in [0.15, 0.2) is 12.4 Å². The molecule has 3 N–H and O–H groups in total. The van der Waals surface area contributed by atoms with E-state index in [0.29, 0.717) is 12.4 Å². The van der Waals surface area contributed by atoms with Gasteiger partial charge < -0.3 is 20.3 Å². The Hall–Kier alpha value is -2.05. The topological polar surface area (TPSA) is 98.3 Å². The first kappa shape index (κ1) is 14.0. The minimum absolute atomic E-state index is 0.327. The van der Waals surface area contributed by atoms with Gasteiger partial charge in [0.1, 0.15) is 5.82 Å². The van der Waals surface area contributed by atoms with Crippen LogP contribution in [0.4, 0.5) is 4.79 Å². The van der Waals surface area contributed by atoms with Gasteiger partial charge in [0.15, 0.2) is 0 Å². The van der Waals surface area contributed by atoms with Gasteiger partial charge >= 0.3 is 12.0 Å². The standard InChI is InChI=1S/C11H18N4O3/c1-7(10(16)17)8(2)14-11(18)15(3)6-9-12-4-5-13-9/h4-5,7-8H,6H2,1-3H3,(H,12,13)(H,14,18)(H,16,17). The molecule has 0 aliphatic rings. The second-order valence-electron chi connectivity index (χ2n) is 4.26. The number of hydrogen-bond donors (Lipinski definition) is 3. The molecule has 1 aromatic heterocycles. The van der Waals surface area contributed by atoms with Crippen molar-refractivity contribution >= 4 is 12.0 Å². The number of imidazole rings is 1. The predicted molar refractivity (Wildman–Crippen MR) is 64.8 cm³/mol. The number of carboxylic acids is 1. The summed E-state index contributed by atoms with van der Waals surface area (Å²) < 4.78 is 0. The quantitative estimate of drug-likeness (QED) is 0.718. The van der Waals surface area contributed by atoms with Crippen LogP contribution in [-0.2, 0) is 11.3 Å². The number of carbonyl (C=O) groups is 2. The maximum Gasteiger partial charge on any atom is 0.317 e. The van der Waals surface area contributed by atoms with E-state index in [1.165, 1.54) is 4.90 Å². The van der Waals surface area contributed by atoms with Gasteiger partial charge in [0.05, 0.1) is 12.5 Å². The number of nitrogens with zero attached hydrogens (tertiary/aromatic N) is 2. The summed E-state index contributed by atoms with van der Waals surface area (Å²) in [7, 11) is 1.62. The first-order valence-corrected chi connectivity index (χ1v) is 5.64. The van der Waals surface area contributed by atoms with Crippen LogP contribution in [-0.4, -0.2) is 45.1 Å². The van der Waals surface area contributed by atoms with Gasteiger partial charge in [0, 0.05) is 25.5 Å². The zero-order valence-corrected chi connectivity index (χ0v) is 10.7. The van der Waals surface area contributed by atoms with E-state index in [0.717, 1.165) is 0 Å². The van der Waals surface area contributed by atoms with E-state index in [-0.39, 0.29) is 6.03 Å². The van der Waals surface area contributed by atoms with Crippen molar-refractivity contribution in [2.45, 2.75) is 26.4 Å². The van der Waals surface area contributed by atoms with Crippen LogP contribution >= 0.6 is 0 Å². The molecule has 0 fully saturated rings. The zero-order chi connectivity index (χ0) is 13.7. The van der Waals surface area contributed by atoms with Crippen molar-refractivity contribution in [3.05, 3.63) is 18.2 Å². The fourth-order valence-electron chi connectivity index (χ4n) is 1.32. The van der Waals surface area contributed by atoms with Crippen molar-refractivity contribution in [1.29, 1.82) is 0 Å². The molecule has 100 valence electrons. The summed E-state index contributed by atoms with van der Waals surface area (Å²) >= 11 is 0. The number of hydrogen-bond acceptors (Lipinski definition) is 3. The van der Waals surface area contributed by atoms with E-state index < -0.39 is 17.9 Å². The third kappa shape index (κ3) is 3.76. The number of amides is 2. The van der Waals surface area contributed by atoms with E-state index in [1.807, 2.05) is 0 Å². The summed E-state index contributed by atoms with van der Waals surface area (Å²) in [6.07, 6.45) is 3.28. The second-order valence-corrected chi connectivity index (χ2v) is 4.26. The highest BCUT2D eigenvalue weighted by molar-refractivity contribution is 5.76. The molecular weight excluding hydrogens is 236 g/mol. The Kier molecular flexibility index (Phi) is 4.70. The molecule has 18 heavy (non-hydrogen) atoms. The van der Waals surface area contributed by atoms with Gasteiger partial charge in [-0.15, -0.1) is 0 Å². The number of H-pyrrole nitrogens is 1. The van der Waals surface area contributed by atoms with Crippen LogP contribution in [0, 0.1) is 5.92 Å². The Morgan fingerprint density at radius 3 is 2.72 bits per heavy atom. The average Bonchev–Trinajstić information content (AvgIpc) is 2.80. The van der Waals surface area contributed by atoms with Crippen molar-refractivity contribution in [3.63, 3.8) is 0 Å². The van der Waals surface area contributed by atoms with Gasteiger partial charge in [0.2, 0.25) is 0 Å². The number of carboxylic acid groups (broad SMARTS) is 1. The number of rotatable bonds is 5. The molecule has 0 aliphatic heterocycles. The van der Waals surface area contributed by atoms with Gasteiger partial charge in [-0.2, -0.15) is 0 Å². The molecule has 2 unspecified atom stereocenters. The summed E-state index contributed by atoms with van der Waals surface area (Å²) in [5, 5.41) is 11.5. The fraction of sp³-hybridized carbons (Fsp3) is 0.545. The molecular formula is C11H18N4O3. The molecule has 0 aliphatic carbocycles. The van der Waals surface area contributed by atoms with Gasteiger partial charge in [-0.25, -0.2) is 9.78 Å². The Morgan fingerprint density at radius 1 is 1.56 bits per heavy atom. The summed E-state index contributed by atoms with van der Waals surface area (Å²) in [4.78, 5) is 30.9. The predicted octanol–water partition coefficient (Wildman–Crippen LogP) is 0.660. The molecule has 7 nitrogen and oxygen atoms in total. The number of aliphatic carboxylic acids is 1. The molecule has 0 radical (unpaired) electrons. The molecule has 2 atom stereocenters. The molecule has 1 heterocycles. The van der Waals surface area contributed by atoms with Crippen LogP contribution in [0.2, 0.25) is 0 Å². The zero-order valence-electron chi connectivity index (χ0n) is 10.7. The summed E-state index contributed by atoms with van der Waals surface area (Å²) in [6, 6.07) is -0.763. The minimum Gasteiger partial charge on any atom is -0.481 e. The van der Waals surface area contributed by atoms with Crippen LogP contribution in [0.1, 0.15) is 19.7 Å². The SMILES string of the molecule is CC(NC(=O)N(C)Cc1ncc[nH]1)C(C)C(=O)O. The first-order chi connectivity index (χ1) is 8.41. The number of aromatic nitrogens is 2. The molecule has 1 aromatic rings. The molecule has 0 saturated heterocycles. The molecule has 2 amide bonds. The highest BCUT2D eigenvalue weighted by Crippen LogP contribution is 2.04. The number of carbonyl (C=O) groups excluding carboxylic acids is 1. The Bertz CT molecular complexity index is 404. The largest absolute Gasteiger partial charge is 0.481 e. The fourth-order valence-corrected chi connectivity index (χ4v) is 1.32. The maximum atomic E-state index is 11.8. The van der Waals surface area contributed by atoms with Crippen LogP contribution < -0.4 is 5.32 Å². The van der Waals surface area contributed by atoms with Crippen molar-refractivity contribution in [2.75, 3.05) is 7.05 Å². The second kappa shape index (κ2) is 6.04. The van der Waals surface area contributed by atoms with E-state index in [9.17, 15) is 9.59 Å². The molecule has 7 heteroatoms. The number of urea groups is 1. The maximum absolute atomic E-state index is 11.8. The lowest BCUT2D eigenvalue weighted by molar-refractivity contribution is -0.141. The molecule has 0 bridgehead atoms. The van der Waals surface area contributed by atoms with Crippen LogP contribution in [0.3, 0.4) is 0 Å². The van der Waals surface area contributed by atoms with Crippen molar-refractivity contribution in [2.24, 2.45) is 5.92 Å². The molecule has 0 saturated carbocycles. The van der Waals surface area contributed by atoms with Gasteiger partial charge in [-0.3, -0.25) is 4.79 Å². The summed E-state index contributed by atoms with van der Waals surface area (Å²) in [5.74, 6) is -0.894. The summed E-state index contributed by atoms with van der Waals surface area (Å²) in [5.41, 5.74) is 0. The Balaban J connectivity index is 2.47. The van der Waals surface area contributed by atoms with Crippen molar-refractivity contribution < 1.29 is 14.7 Å². The first-order valence-electron chi connectivity index (χ1n) is 5.64. The van der Waals surface area contributed by atoms with Gasteiger partial charge in [-0.1, -0.05) is 0 Å². The highest BCUT2D eigenvalue weighted by atomic mass is 16.4. The molecule has 1 rings (SSSR count). The van der Waals surface area contributed by atoms with Crippen molar-refractivity contribution in [3.8, 4) is 0 Å². The monoisotopic (exact) mass is 254 g/mol. The smallest absolute Gasteiger partial charge is 0.317 e. The van der Waals surface area contributed by atoms with E-state index in [1.54, 1.807) is 33.3 Å². The van der Waals surface area contributed by atoms with Crippen LogP contribution in [0.5, 0.6) is 0 Å². The average molecular weight is 254 g/mol. The lowest BCUT2D eigenvalue weighted by atomic mass is 10.0. The minimum atomic E-state index is -0.934. The number of aromatic amines is 1. The Labute approximate surface area is 105 Å². The third-order valence-electron chi connectivity index (χ3n) is 2.78. The lowest BCUT2D eigenvalue weighted by Gasteiger charge is -2.22. The van der Waals surface area contributed by atoms with Crippen LogP contribution in [0.25, 0.3) is 0 Å². The third-order valence-corrected chi connectivity index (χ3v) is 2.78. The van der Waals surface area contributed by atoms with Gasteiger partial charge in [-0.05, 0) is 13.8 Å². The molecule has 0 spiro atoms. The van der Waals surface area contributed by atoms with E-state index >= 15 is 0 Å². The van der Waals surface area contributed by atoms with E-state index in [2.05, 4.69) is 15.3 Å². The van der Waals surface area contributed by atoms with Gasteiger partial charge in [0.25, 0.3) is 0 Å². The number of nitrogens with one attached hydrogen (secondary N) is 2. The Morgan fingerprint density at radius 2 is 2.22 bits per heavy atom. The normalized spacial score (nSPS) is 13.7. The molecule has 0 aromatic carbocycles. The highest BCUT2D eigenvalue weighted by Gasteiger charge is 2.22.